The molecule has 0 amide bonds. The molecule has 5 rings (SSSR count). The highest BCUT2D eigenvalue weighted by Gasteiger charge is 2.39. The molecule has 0 N–H and O–H groups in total. The first kappa shape index (κ1) is 25.5. The maximum Gasteiger partial charge on any atom is 0.423 e. The van der Waals surface area contributed by atoms with Crippen molar-refractivity contribution in [2.45, 2.75) is 25.1 Å². The van der Waals surface area contributed by atoms with E-state index in [-0.39, 0.29) is 54.5 Å². The van der Waals surface area contributed by atoms with Gasteiger partial charge >= 0.3 is 12.1 Å². The number of aromatic nitrogens is 1. The molecule has 2 fully saturated rings. The van der Waals surface area contributed by atoms with E-state index in [1.54, 1.807) is 20.4 Å². The normalized spacial score (nSPS) is 16.1. The smallest absolute Gasteiger partial charge is 0.423 e. The number of hydrogen-bond donors (Lipinski definition) is 0. The number of carbonyl (C=O) groups excluding carboxylic acids is 1. The number of carbonyl (C=O) groups is 1. The van der Waals surface area contributed by atoms with Gasteiger partial charge in [-0.25, -0.2) is 9.18 Å². The monoisotopic (exact) mass is 534 g/mol. The Morgan fingerprint density at radius 1 is 1.08 bits per heavy atom. The lowest BCUT2D eigenvalue weighted by atomic mass is 10.1. The minimum Gasteiger partial charge on any atom is -0.465 e. The molecule has 0 unspecified atom stereocenters. The molecular formula is C25H22F4N4O5. The third-order valence-corrected chi connectivity index (χ3v) is 6.91. The van der Waals surface area contributed by atoms with Crippen molar-refractivity contribution in [3.63, 3.8) is 0 Å². The van der Waals surface area contributed by atoms with Gasteiger partial charge < -0.3 is 19.1 Å². The molecule has 3 aromatic rings. The minimum atomic E-state index is -4.89. The minimum absolute atomic E-state index is 0.0604. The van der Waals surface area contributed by atoms with Crippen LogP contribution in [-0.2, 0) is 10.9 Å². The summed E-state index contributed by atoms with van der Waals surface area (Å²) in [5.74, 6) is -1.46. The SMILES string of the molecule is COC(=O)c1cn(C2CC2)c2cc(N3CCN(c4ccc([N+](=O)[O-])c(C(F)(F)F)c4)CC3)c(F)cc2c1=O. The third-order valence-electron chi connectivity index (χ3n) is 6.91. The van der Waals surface area contributed by atoms with Crippen LogP contribution in [0, 0.1) is 15.9 Å². The number of rotatable bonds is 5. The van der Waals surface area contributed by atoms with Crippen LogP contribution in [0.3, 0.4) is 0 Å². The van der Waals surface area contributed by atoms with Crippen LogP contribution in [0.25, 0.3) is 10.9 Å². The van der Waals surface area contributed by atoms with Gasteiger partial charge in [0.25, 0.3) is 5.69 Å². The Kier molecular flexibility index (Phi) is 6.24. The Morgan fingerprint density at radius 3 is 2.32 bits per heavy atom. The average molecular weight is 534 g/mol. The number of alkyl halides is 3. The summed E-state index contributed by atoms with van der Waals surface area (Å²) in [6.07, 6.45) is -1.75. The van der Waals surface area contributed by atoms with Crippen LogP contribution in [0.15, 0.2) is 41.3 Å². The van der Waals surface area contributed by atoms with E-state index >= 15 is 4.39 Å². The number of halogens is 4. The van der Waals surface area contributed by atoms with Crippen LogP contribution in [0.4, 0.5) is 34.6 Å². The summed E-state index contributed by atoms with van der Waals surface area (Å²) in [6.45, 7) is 0.996. The summed E-state index contributed by atoms with van der Waals surface area (Å²) in [7, 11) is 1.16. The summed E-state index contributed by atoms with van der Waals surface area (Å²) in [4.78, 5) is 38.4. The molecule has 1 aliphatic carbocycles. The number of nitro groups is 1. The fraction of sp³-hybridized carbons (Fsp3) is 0.360. The molecule has 1 saturated heterocycles. The van der Waals surface area contributed by atoms with E-state index in [1.165, 1.54) is 12.3 Å². The first-order valence-electron chi connectivity index (χ1n) is 11.8. The fourth-order valence-electron chi connectivity index (χ4n) is 4.82. The number of piperazine rings is 1. The van der Waals surface area contributed by atoms with E-state index in [9.17, 15) is 32.9 Å². The highest BCUT2D eigenvalue weighted by atomic mass is 19.4. The lowest BCUT2D eigenvalue weighted by Crippen LogP contribution is -2.47. The van der Waals surface area contributed by atoms with E-state index in [1.807, 2.05) is 0 Å². The zero-order chi connectivity index (χ0) is 27.4. The Balaban J connectivity index is 1.44. The summed E-state index contributed by atoms with van der Waals surface area (Å²) in [6, 6.07) is 5.62. The van der Waals surface area contributed by atoms with Crippen LogP contribution >= 0.6 is 0 Å². The predicted octanol–water partition coefficient (Wildman–Crippen LogP) is 4.52. The van der Waals surface area contributed by atoms with Crippen molar-refractivity contribution in [2.24, 2.45) is 0 Å². The first-order valence-corrected chi connectivity index (χ1v) is 11.8. The zero-order valence-electron chi connectivity index (χ0n) is 20.1. The Morgan fingerprint density at radius 2 is 1.74 bits per heavy atom. The van der Waals surface area contributed by atoms with Gasteiger partial charge in [-0.2, -0.15) is 13.2 Å². The Hall–Kier alpha value is -4.16. The molecule has 2 heterocycles. The van der Waals surface area contributed by atoms with Crippen molar-refractivity contribution in [1.82, 2.24) is 4.57 Å². The maximum atomic E-state index is 15.3. The highest BCUT2D eigenvalue weighted by molar-refractivity contribution is 5.94. The Bertz CT molecular complexity index is 1510. The van der Waals surface area contributed by atoms with E-state index in [0.29, 0.717) is 5.52 Å². The van der Waals surface area contributed by atoms with E-state index in [0.717, 1.165) is 38.2 Å². The number of ether oxygens (including phenoxy) is 1. The molecule has 9 nitrogen and oxygen atoms in total. The van der Waals surface area contributed by atoms with Crippen LogP contribution in [0.2, 0.25) is 0 Å². The number of esters is 1. The number of fused-ring (bicyclic) bond motifs is 1. The van der Waals surface area contributed by atoms with Crippen molar-refractivity contribution in [3.8, 4) is 0 Å². The standard InChI is InChI=1S/C25H22F4N4O5/c1-38-24(35)17-13-32(14-2-3-14)21-12-22(19(26)11-16(21)23(17)34)31-8-6-30(7-9-31)15-4-5-20(33(36)37)18(10-15)25(27,28)29/h4-5,10-14H,2-3,6-9H2,1H3. The summed E-state index contributed by atoms with van der Waals surface area (Å²) >= 11 is 0. The van der Waals surface area contributed by atoms with Crippen molar-refractivity contribution in [3.05, 3.63) is 73.8 Å². The molecule has 1 aromatic heterocycles. The van der Waals surface area contributed by atoms with Gasteiger partial charge in [0.2, 0.25) is 5.43 Å². The molecule has 0 radical (unpaired) electrons. The number of benzene rings is 2. The molecule has 13 heteroatoms. The molecule has 200 valence electrons. The van der Waals surface area contributed by atoms with Gasteiger partial charge in [-0.1, -0.05) is 0 Å². The molecule has 0 atom stereocenters. The van der Waals surface area contributed by atoms with Crippen LogP contribution in [0.5, 0.6) is 0 Å². The van der Waals surface area contributed by atoms with Gasteiger partial charge in [-0.05, 0) is 37.1 Å². The van der Waals surface area contributed by atoms with Gasteiger partial charge in [0.15, 0.2) is 0 Å². The Labute approximate surface area is 213 Å². The second kappa shape index (κ2) is 9.30. The van der Waals surface area contributed by atoms with Gasteiger partial charge in [-0.15, -0.1) is 0 Å². The number of nitro benzene ring substituents is 1. The molecule has 0 spiro atoms. The van der Waals surface area contributed by atoms with Gasteiger partial charge in [-0.3, -0.25) is 14.9 Å². The molecule has 2 aliphatic rings. The van der Waals surface area contributed by atoms with E-state index in [4.69, 9.17) is 4.74 Å². The number of methoxy groups -OCH3 is 1. The van der Waals surface area contributed by atoms with Gasteiger partial charge in [0, 0.05) is 55.6 Å². The van der Waals surface area contributed by atoms with Gasteiger partial charge in [0.05, 0.1) is 23.2 Å². The summed E-state index contributed by atoms with van der Waals surface area (Å²) < 4.78 is 62.0. The highest BCUT2D eigenvalue weighted by Crippen LogP contribution is 2.40. The molecule has 1 aliphatic heterocycles. The lowest BCUT2D eigenvalue weighted by Gasteiger charge is -2.37. The van der Waals surface area contributed by atoms with Crippen LogP contribution in [0.1, 0.15) is 34.8 Å². The predicted molar refractivity (Wildman–Crippen MR) is 130 cm³/mol. The van der Waals surface area contributed by atoms with Crippen molar-refractivity contribution in [1.29, 1.82) is 0 Å². The van der Waals surface area contributed by atoms with Crippen molar-refractivity contribution < 1.29 is 32.0 Å². The largest absolute Gasteiger partial charge is 0.465 e. The molecular weight excluding hydrogens is 512 g/mol. The lowest BCUT2D eigenvalue weighted by molar-refractivity contribution is -0.388. The molecule has 2 aromatic carbocycles. The fourth-order valence-corrected chi connectivity index (χ4v) is 4.82. The first-order chi connectivity index (χ1) is 18.0. The number of anilines is 2. The molecule has 1 saturated carbocycles. The molecule has 38 heavy (non-hydrogen) atoms. The number of nitrogens with zero attached hydrogens (tertiary/aromatic N) is 4. The van der Waals surface area contributed by atoms with Crippen molar-refractivity contribution in [2.75, 3.05) is 43.1 Å². The molecule has 0 bridgehead atoms. The average Bonchev–Trinajstić information content (AvgIpc) is 3.73. The van der Waals surface area contributed by atoms with Crippen LogP contribution < -0.4 is 15.2 Å². The zero-order valence-corrected chi connectivity index (χ0v) is 20.1. The number of hydrogen-bond acceptors (Lipinski definition) is 7. The van der Waals surface area contributed by atoms with Gasteiger partial charge in [0.1, 0.15) is 16.9 Å². The van der Waals surface area contributed by atoms with E-state index < -0.39 is 39.6 Å². The topological polar surface area (TPSA) is 97.9 Å². The maximum absolute atomic E-state index is 15.3. The third kappa shape index (κ3) is 4.52. The second-order valence-corrected chi connectivity index (χ2v) is 9.25. The number of pyridine rings is 1. The second-order valence-electron chi connectivity index (χ2n) is 9.25. The van der Waals surface area contributed by atoms with E-state index in [2.05, 4.69) is 0 Å². The summed E-state index contributed by atoms with van der Waals surface area (Å²) in [5.41, 5.74) is -2.25. The quantitative estimate of drug-likeness (QED) is 0.206. The van der Waals surface area contributed by atoms with Crippen LogP contribution in [-0.4, -0.2) is 48.7 Å². The summed E-state index contributed by atoms with van der Waals surface area (Å²) in [5, 5.41) is 11.1. The van der Waals surface area contributed by atoms with Crippen molar-refractivity contribution >= 4 is 33.9 Å².